The van der Waals surface area contributed by atoms with E-state index in [1.807, 2.05) is 0 Å². The second kappa shape index (κ2) is 4.31. The van der Waals surface area contributed by atoms with Crippen LogP contribution in [-0.2, 0) is 11.8 Å². The van der Waals surface area contributed by atoms with Crippen LogP contribution in [0.25, 0.3) is 0 Å². The fraction of sp³-hybridized carbons (Fsp3) is 0.818. The highest BCUT2D eigenvalue weighted by Gasteiger charge is 2.34. The minimum Gasteiger partial charge on any atom is -0.339 e. The topological polar surface area (TPSA) is 51.0 Å². The Bertz CT molecular complexity index is 315. The van der Waals surface area contributed by atoms with E-state index in [1.165, 1.54) is 0 Å². The lowest BCUT2D eigenvalue weighted by molar-refractivity contribution is 0.240. The van der Waals surface area contributed by atoms with Gasteiger partial charge in [-0.1, -0.05) is 19.0 Å². The molecule has 0 bridgehead atoms. The second-order valence-electron chi connectivity index (χ2n) is 4.58. The standard InChI is InChI=1S/C11H19N3O/c1-3-4-9-13-10(15-14-9)11(2)5-7-12-8-6-11/h12H,3-8H2,1-2H3. The molecular formula is C11H19N3O. The average Bonchev–Trinajstić information content (AvgIpc) is 2.69. The minimum absolute atomic E-state index is 0.0875. The SMILES string of the molecule is CCCc1noc(C2(C)CCNCC2)n1. The van der Waals surface area contributed by atoms with Crippen LogP contribution in [0.1, 0.15) is 44.8 Å². The van der Waals surface area contributed by atoms with E-state index in [1.54, 1.807) is 0 Å². The summed E-state index contributed by atoms with van der Waals surface area (Å²) < 4.78 is 5.37. The van der Waals surface area contributed by atoms with E-state index in [2.05, 4.69) is 29.3 Å². The molecule has 1 N–H and O–H groups in total. The molecule has 2 heterocycles. The number of hydrogen-bond acceptors (Lipinski definition) is 4. The first-order chi connectivity index (χ1) is 7.24. The summed E-state index contributed by atoms with van der Waals surface area (Å²) in [7, 11) is 0. The van der Waals surface area contributed by atoms with E-state index in [9.17, 15) is 0 Å². The Morgan fingerprint density at radius 2 is 2.13 bits per heavy atom. The van der Waals surface area contributed by atoms with Crippen LogP contribution >= 0.6 is 0 Å². The van der Waals surface area contributed by atoms with Crippen molar-refractivity contribution in [1.82, 2.24) is 15.5 Å². The lowest BCUT2D eigenvalue weighted by Crippen LogP contribution is -2.37. The zero-order valence-electron chi connectivity index (χ0n) is 9.55. The average molecular weight is 209 g/mol. The van der Waals surface area contributed by atoms with E-state index < -0.39 is 0 Å². The predicted octanol–water partition coefficient (Wildman–Crippen LogP) is 1.66. The molecule has 4 nitrogen and oxygen atoms in total. The Hall–Kier alpha value is -0.900. The van der Waals surface area contributed by atoms with E-state index in [4.69, 9.17) is 4.52 Å². The number of nitrogens with zero attached hydrogens (tertiary/aromatic N) is 2. The summed E-state index contributed by atoms with van der Waals surface area (Å²) in [6.45, 7) is 6.43. The predicted molar refractivity (Wildman–Crippen MR) is 57.7 cm³/mol. The Morgan fingerprint density at radius 3 is 2.80 bits per heavy atom. The summed E-state index contributed by atoms with van der Waals surface area (Å²) in [5.74, 6) is 1.68. The fourth-order valence-electron chi connectivity index (χ4n) is 2.02. The van der Waals surface area contributed by atoms with Gasteiger partial charge in [0.2, 0.25) is 5.89 Å². The molecule has 84 valence electrons. The zero-order valence-corrected chi connectivity index (χ0v) is 9.55. The van der Waals surface area contributed by atoms with Crippen LogP contribution in [0.15, 0.2) is 4.52 Å². The smallest absolute Gasteiger partial charge is 0.232 e. The Labute approximate surface area is 90.4 Å². The van der Waals surface area contributed by atoms with Gasteiger partial charge in [0, 0.05) is 11.8 Å². The molecule has 0 spiro atoms. The van der Waals surface area contributed by atoms with Crippen LogP contribution in [0.3, 0.4) is 0 Å². The molecule has 1 aliphatic rings. The number of hydrogen-bond donors (Lipinski definition) is 1. The third-order valence-corrected chi connectivity index (χ3v) is 3.17. The molecule has 0 saturated carbocycles. The summed E-state index contributed by atoms with van der Waals surface area (Å²) in [6, 6.07) is 0. The Kier molecular flexibility index (Phi) is 3.05. The van der Waals surface area contributed by atoms with Crippen LogP contribution in [0.4, 0.5) is 0 Å². The van der Waals surface area contributed by atoms with Gasteiger partial charge in [0.05, 0.1) is 0 Å². The van der Waals surface area contributed by atoms with Gasteiger partial charge in [-0.2, -0.15) is 4.98 Å². The minimum atomic E-state index is 0.0875. The molecule has 0 amide bonds. The summed E-state index contributed by atoms with van der Waals surface area (Å²) in [4.78, 5) is 4.49. The highest BCUT2D eigenvalue weighted by molar-refractivity contribution is 5.05. The van der Waals surface area contributed by atoms with Crippen molar-refractivity contribution in [3.8, 4) is 0 Å². The van der Waals surface area contributed by atoms with Crippen molar-refractivity contribution in [3.05, 3.63) is 11.7 Å². The molecule has 1 aromatic heterocycles. The third kappa shape index (κ3) is 2.20. The van der Waals surface area contributed by atoms with Gasteiger partial charge in [-0.3, -0.25) is 0 Å². The van der Waals surface area contributed by atoms with Crippen molar-refractivity contribution in [1.29, 1.82) is 0 Å². The molecule has 1 aliphatic heterocycles. The van der Waals surface area contributed by atoms with Crippen LogP contribution in [0.2, 0.25) is 0 Å². The van der Waals surface area contributed by atoms with Crippen molar-refractivity contribution in [3.63, 3.8) is 0 Å². The van der Waals surface area contributed by atoms with Crippen LogP contribution in [0, 0.1) is 0 Å². The monoisotopic (exact) mass is 209 g/mol. The Balaban J connectivity index is 2.12. The van der Waals surface area contributed by atoms with E-state index in [0.29, 0.717) is 0 Å². The maximum atomic E-state index is 5.37. The number of aryl methyl sites for hydroxylation is 1. The molecule has 0 aliphatic carbocycles. The van der Waals surface area contributed by atoms with Gasteiger partial charge in [0.15, 0.2) is 5.82 Å². The van der Waals surface area contributed by atoms with Crippen molar-refractivity contribution in [2.45, 2.75) is 44.9 Å². The lowest BCUT2D eigenvalue weighted by Gasteiger charge is -2.30. The largest absolute Gasteiger partial charge is 0.339 e. The van der Waals surface area contributed by atoms with Crippen LogP contribution in [0.5, 0.6) is 0 Å². The van der Waals surface area contributed by atoms with Crippen molar-refractivity contribution in [2.75, 3.05) is 13.1 Å². The van der Waals surface area contributed by atoms with Gasteiger partial charge in [-0.25, -0.2) is 0 Å². The molecule has 4 heteroatoms. The van der Waals surface area contributed by atoms with Gasteiger partial charge >= 0.3 is 0 Å². The molecule has 0 atom stereocenters. The van der Waals surface area contributed by atoms with Gasteiger partial charge in [0.25, 0.3) is 0 Å². The number of rotatable bonds is 3. The van der Waals surface area contributed by atoms with Gasteiger partial charge in [-0.15, -0.1) is 0 Å². The zero-order chi connectivity index (χ0) is 10.7. The molecule has 15 heavy (non-hydrogen) atoms. The van der Waals surface area contributed by atoms with E-state index in [-0.39, 0.29) is 5.41 Å². The fourth-order valence-corrected chi connectivity index (χ4v) is 2.02. The first kappa shape index (κ1) is 10.6. The number of piperidine rings is 1. The van der Waals surface area contributed by atoms with Gasteiger partial charge in [0.1, 0.15) is 0 Å². The number of aromatic nitrogens is 2. The summed E-state index contributed by atoms with van der Waals surface area (Å²) >= 11 is 0. The van der Waals surface area contributed by atoms with Crippen molar-refractivity contribution < 1.29 is 4.52 Å². The molecule has 1 fully saturated rings. The van der Waals surface area contributed by atoms with Crippen molar-refractivity contribution in [2.24, 2.45) is 0 Å². The Morgan fingerprint density at radius 1 is 1.40 bits per heavy atom. The van der Waals surface area contributed by atoms with Crippen molar-refractivity contribution >= 4 is 0 Å². The molecule has 1 saturated heterocycles. The maximum absolute atomic E-state index is 5.37. The van der Waals surface area contributed by atoms with Gasteiger partial charge < -0.3 is 9.84 Å². The lowest BCUT2D eigenvalue weighted by atomic mass is 9.81. The summed E-state index contributed by atoms with van der Waals surface area (Å²) in [5.41, 5.74) is 0.0875. The highest BCUT2D eigenvalue weighted by atomic mass is 16.5. The normalized spacial score (nSPS) is 20.4. The van der Waals surface area contributed by atoms with E-state index in [0.717, 1.165) is 50.5 Å². The van der Waals surface area contributed by atoms with Crippen LogP contribution in [-0.4, -0.2) is 23.2 Å². The summed E-state index contributed by atoms with van der Waals surface area (Å²) in [5, 5.41) is 7.37. The highest BCUT2D eigenvalue weighted by Crippen LogP contribution is 2.31. The quantitative estimate of drug-likeness (QED) is 0.822. The molecule has 1 aromatic rings. The third-order valence-electron chi connectivity index (χ3n) is 3.17. The molecule has 0 radical (unpaired) electrons. The maximum Gasteiger partial charge on any atom is 0.232 e. The molecular weight excluding hydrogens is 190 g/mol. The number of nitrogens with one attached hydrogen (secondary N) is 1. The van der Waals surface area contributed by atoms with Gasteiger partial charge in [-0.05, 0) is 32.4 Å². The first-order valence-corrected chi connectivity index (χ1v) is 5.78. The molecule has 0 aromatic carbocycles. The van der Waals surface area contributed by atoms with Crippen LogP contribution < -0.4 is 5.32 Å². The molecule has 0 unspecified atom stereocenters. The molecule has 2 rings (SSSR count). The first-order valence-electron chi connectivity index (χ1n) is 5.78. The summed E-state index contributed by atoms with van der Waals surface area (Å²) in [6.07, 6.45) is 4.15. The van der Waals surface area contributed by atoms with E-state index >= 15 is 0 Å². The second-order valence-corrected chi connectivity index (χ2v) is 4.58.